The Balaban J connectivity index is 2.15. The molecule has 0 bridgehead atoms. The zero-order valence-electron chi connectivity index (χ0n) is 17.6. The van der Waals surface area contributed by atoms with E-state index in [0.717, 1.165) is 6.26 Å². The normalized spacial score (nSPS) is 18.8. The van der Waals surface area contributed by atoms with E-state index in [1.54, 1.807) is 10.3 Å². The number of carbonyl (C=O) groups is 2. The number of carbonyl (C=O) groups excluding carboxylic acids is 2. The van der Waals surface area contributed by atoms with Crippen molar-refractivity contribution in [3.63, 3.8) is 0 Å². The molecule has 11 heteroatoms. The maximum absolute atomic E-state index is 12.8. The lowest BCUT2D eigenvalue weighted by molar-refractivity contribution is -0.163. The summed E-state index contributed by atoms with van der Waals surface area (Å²) in [5.41, 5.74) is -0.00928. The minimum Gasteiger partial charge on any atom is -0.460 e. The van der Waals surface area contributed by atoms with Crippen LogP contribution >= 0.6 is 11.3 Å². The number of thiazole rings is 1. The van der Waals surface area contributed by atoms with Crippen LogP contribution in [0.5, 0.6) is 0 Å². The molecule has 0 aromatic carbocycles. The molecule has 1 saturated heterocycles. The highest BCUT2D eigenvalue weighted by Gasteiger charge is 2.43. The van der Waals surface area contributed by atoms with E-state index in [-0.39, 0.29) is 37.1 Å². The van der Waals surface area contributed by atoms with E-state index in [4.69, 9.17) is 8.92 Å². The Morgan fingerprint density at radius 2 is 2.07 bits per heavy atom. The predicted molar refractivity (Wildman–Crippen MR) is 109 cm³/mol. The van der Waals surface area contributed by atoms with E-state index in [9.17, 15) is 18.0 Å². The van der Waals surface area contributed by atoms with Crippen LogP contribution in [0.1, 0.15) is 45.3 Å². The van der Waals surface area contributed by atoms with Gasteiger partial charge in [-0.1, -0.05) is 13.8 Å². The summed E-state index contributed by atoms with van der Waals surface area (Å²) in [4.78, 5) is 31.2. The molecule has 2 amide bonds. The van der Waals surface area contributed by atoms with Crippen molar-refractivity contribution in [2.75, 3.05) is 12.8 Å². The molecule has 2 heterocycles. The van der Waals surface area contributed by atoms with Gasteiger partial charge in [-0.15, -0.1) is 11.3 Å². The Kier molecular flexibility index (Phi) is 7.28. The fourth-order valence-corrected chi connectivity index (χ4v) is 4.22. The van der Waals surface area contributed by atoms with Crippen LogP contribution in [0.3, 0.4) is 0 Å². The lowest BCUT2D eigenvalue weighted by Crippen LogP contribution is -2.46. The molecule has 1 aliphatic rings. The van der Waals surface area contributed by atoms with Crippen molar-refractivity contribution in [1.82, 2.24) is 15.2 Å². The SMILES string of the molecule is CC(C)[C@H](C(=O)OC(C)(C)C)C1CNC(=O)N1Cc1csc(COS(C)(=O)=O)n1. The molecule has 1 N–H and O–H groups in total. The number of esters is 1. The highest BCUT2D eigenvalue weighted by molar-refractivity contribution is 7.85. The van der Waals surface area contributed by atoms with E-state index < -0.39 is 21.6 Å². The third-order valence-electron chi connectivity index (χ3n) is 4.26. The Morgan fingerprint density at radius 1 is 1.41 bits per heavy atom. The van der Waals surface area contributed by atoms with Gasteiger partial charge in [-0.25, -0.2) is 9.78 Å². The molecule has 0 saturated carbocycles. The maximum atomic E-state index is 12.8. The molecule has 1 unspecified atom stereocenters. The van der Waals surface area contributed by atoms with Gasteiger partial charge >= 0.3 is 12.0 Å². The Labute approximate surface area is 175 Å². The number of hydrogen-bond donors (Lipinski definition) is 1. The third-order valence-corrected chi connectivity index (χ3v) is 5.68. The van der Waals surface area contributed by atoms with Gasteiger partial charge in [0, 0.05) is 11.9 Å². The van der Waals surface area contributed by atoms with Gasteiger partial charge in [0.1, 0.15) is 17.2 Å². The molecule has 2 rings (SSSR count). The topological polar surface area (TPSA) is 115 Å². The fraction of sp³-hybridized carbons (Fsp3) is 0.722. The predicted octanol–water partition coefficient (Wildman–Crippen LogP) is 2.13. The number of urea groups is 1. The van der Waals surface area contributed by atoms with Gasteiger partial charge in [0.05, 0.1) is 30.5 Å². The Hall–Kier alpha value is -1.72. The van der Waals surface area contributed by atoms with Crippen LogP contribution in [-0.4, -0.2) is 54.7 Å². The molecular weight excluding hydrogens is 418 g/mol. The molecule has 1 aliphatic heterocycles. The number of nitrogens with zero attached hydrogens (tertiary/aromatic N) is 2. The van der Waals surface area contributed by atoms with Crippen molar-refractivity contribution in [3.8, 4) is 0 Å². The zero-order valence-corrected chi connectivity index (χ0v) is 19.2. The second kappa shape index (κ2) is 8.97. The van der Waals surface area contributed by atoms with Crippen LogP contribution in [0.4, 0.5) is 4.79 Å². The second-order valence-corrected chi connectivity index (χ2v) is 11.0. The summed E-state index contributed by atoms with van der Waals surface area (Å²) >= 11 is 1.25. The van der Waals surface area contributed by atoms with Crippen molar-refractivity contribution < 1.29 is 26.9 Å². The smallest absolute Gasteiger partial charge is 0.318 e. The molecule has 164 valence electrons. The van der Waals surface area contributed by atoms with Crippen molar-refractivity contribution in [1.29, 1.82) is 0 Å². The van der Waals surface area contributed by atoms with Crippen LogP contribution in [0.2, 0.25) is 0 Å². The number of aromatic nitrogens is 1. The van der Waals surface area contributed by atoms with Gasteiger partial charge in [0.15, 0.2) is 0 Å². The van der Waals surface area contributed by atoms with Gasteiger partial charge in [-0.3, -0.25) is 8.98 Å². The van der Waals surface area contributed by atoms with Gasteiger partial charge in [-0.2, -0.15) is 8.42 Å². The molecule has 0 radical (unpaired) electrons. The first-order valence-corrected chi connectivity index (χ1v) is 12.0. The van der Waals surface area contributed by atoms with Crippen LogP contribution in [0.25, 0.3) is 0 Å². The largest absolute Gasteiger partial charge is 0.460 e. The highest BCUT2D eigenvalue weighted by atomic mass is 32.2. The van der Waals surface area contributed by atoms with Crippen molar-refractivity contribution in [3.05, 3.63) is 16.1 Å². The lowest BCUT2D eigenvalue weighted by Gasteiger charge is -2.33. The van der Waals surface area contributed by atoms with Crippen molar-refractivity contribution in [2.45, 2.75) is 59.4 Å². The summed E-state index contributed by atoms with van der Waals surface area (Å²) in [5, 5.41) is 5.04. The zero-order chi connectivity index (χ0) is 22.0. The molecule has 1 aromatic rings. The standard InChI is InChI=1S/C18H29N3O6S2/c1-11(2)15(16(22)27-18(3,4)5)13-7-19-17(23)21(13)8-12-10-28-14(20-12)9-26-29(6,24)25/h10-11,13,15H,7-9H2,1-6H3,(H,19,23)/t13?,15-/m0/s1. The number of nitrogens with one attached hydrogen (secondary N) is 1. The highest BCUT2D eigenvalue weighted by Crippen LogP contribution is 2.28. The number of ether oxygens (including phenoxy) is 1. The summed E-state index contributed by atoms with van der Waals surface area (Å²) in [6.45, 7) is 9.70. The minimum atomic E-state index is -3.56. The van der Waals surface area contributed by atoms with E-state index in [1.165, 1.54) is 11.3 Å². The summed E-state index contributed by atoms with van der Waals surface area (Å²) in [5.74, 6) is -0.849. The molecule has 29 heavy (non-hydrogen) atoms. The Morgan fingerprint density at radius 3 is 2.62 bits per heavy atom. The molecule has 0 spiro atoms. The molecule has 1 fully saturated rings. The summed E-state index contributed by atoms with van der Waals surface area (Å²) in [7, 11) is -3.56. The minimum absolute atomic E-state index is 0.0285. The number of rotatable bonds is 8. The quantitative estimate of drug-likeness (QED) is 0.479. The van der Waals surface area contributed by atoms with E-state index in [0.29, 0.717) is 17.2 Å². The van der Waals surface area contributed by atoms with E-state index in [1.807, 2.05) is 34.6 Å². The maximum Gasteiger partial charge on any atom is 0.318 e. The lowest BCUT2D eigenvalue weighted by atomic mass is 9.87. The summed E-state index contributed by atoms with van der Waals surface area (Å²) < 4.78 is 32.6. The fourth-order valence-electron chi connectivity index (χ4n) is 3.13. The van der Waals surface area contributed by atoms with Gasteiger partial charge in [0.25, 0.3) is 10.1 Å². The van der Waals surface area contributed by atoms with Crippen molar-refractivity contribution >= 4 is 33.5 Å². The first kappa shape index (κ1) is 23.6. The first-order valence-electron chi connectivity index (χ1n) is 9.32. The van der Waals surface area contributed by atoms with Crippen LogP contribution < -0.4 is 5.32 Å². The third kappa shape index (κ3) is 6.93. The molecule has 1 aromatic heterocycles. The van der Waals surface area contributed by atoms with Gasteiger partial charge in [0.2, 0.25) is 0 Å². The van der Waals surface area contributed by atoms with Crippen LogP contribution in [-0.2, 0) is 37.0 Å². The first-order chi connectivity index (χ1) is 13.3. The number of hydrogen-bond acceptors (Lipinski definition) is 8. The van der Waals surface area contributed by atoms with Gasteiger partial charge < -0.3 is 15.0 Å². The molecule has 0 aliphatic carbocycles. The van der Waals surface area contributed by atoms with Crippen LogP contribution in [0, 0.1) is 11.8 Å². The second-order valence-electron chi connectivity index (χ2n) is 8.38. The van der Waals surface area contributed by atoms with Gasteiger partial charge in [-0.05, 0) is 26.7 Å². The molecular formula is C18H29N3O6S2. The monoisotopic (exact) mass is 447 g/mol. The summed E-state index contributed by atoms with van der Waals surface area (Å²) in [6.07, 6.45) is 0.976. The van der Waals surface area contributed by atoms with E-state index >= 15 is 0 Å². The average Bonchev–Trinajstić information content (AvgIpc) is 3.12. The Bertz CT molecular complexity index is 844. The average molecular weight is 448 g/mol. The van der Waals surface area contributed by atoms with Crippen molar-refractivity contribution in [2.24, 2.45) is 11.8 Å². The van der Waals surface area contributed by atoms with Crippen LogP contribution in [0.15, 0.2) is 5.38 Å². The summed E-state index contributed by atoms with van der Waals surface area (Å²) in [6, 6.07) is -0.638. The molecule has 2 atom stereocenters. The molecule has 9 nitrogen and oxygen atoms in total. The number of amides is 2. The van der Waals surface area contributed by atoms with E-state index in [2.05, 4.69) is 10.3 Å².